The lowest BCUT2D eigenvalue weighted by Crippen LogP contribution is -2.25. The highest BCUT2D eigenvalue weighted by Gasteiger charge is 2.26. The molecule has 0 bridgehead atoms. The van der Waals surface area contributed by atoms with E-state index in [9.17, 15) is 0 Å². The summed E-state index contributed by atoms with van der Waals surface area (Å²) in [6, 6.07) is 11.1. The Hall–Kier alpha value is -0.133. The topological polar surface area (TPSA) is 0 Å². The van der Waals surface area contributed by atoms with E-state index in [1.807, 2.05) is 0 Å². The molecule has 2 heteroatoms. The summed E-state index contributed by atoms with van der Waals surface area (Å²) in [4.78, 5) is 0. The zero-order valence-corrected chi connectivity index (χ0v) is 11.6. The normalized spacial score (nSPS) is 14.0. The van der Waals surface area contributed by atoms with Crippen LogP contribution < -0.4 is 5.30 Å². The molecule has 1 unspecified atom stereocenters. The maximum Gasteiger partial charge on any atom is 0.0773 e. The second kappa shape index (κ2) is 5.09. The van der Waals surface area contributed by atoms with Crippen LogP contribution in [-0.2, 0) is 0 Å². The molecule has 0 aliphatic heterocycles. The highest BCUT2D eigenvalue weighted by Crippen LogP contribution is 2.45. The van der Waals surface area contributed by atoms with Crippen LogP contribution in [0.4, 0.5) is 0 Å². The van der Waals surface area contributed by atoms with E-state index in [2.05, 4.69) is 56.9 Å². The lowest BCUT2D eigenvalue weighted by Gasteiger charge is -2.29. The van der Waals surface area contributed by atoms with E-state index in [1.54, 1.807) is 5.30 Å². The van der Waals surface area contributed by atoms with Gasteiger partial charge in [-0.2, -0.15) is 0 Å². The molecule has 0 saturated heterocycles. The third kappa shape index (κ3) is 3.22. The second-order valence-corrected chi connectivity index (χ2v) is 16.5. The fourth-order valence-corrected chi connectivity index (χ4v) is 9.82. The molecule has 0 spiro atoms. The van der Waals surface area contributed by atoms with E-state index in [4.69, 9.17) is 0 Å². The maximum atomic E-state index is 2.50. The summed E-state index contributed by atoms with van der Waals surface area (Å²) in [7, 11) is -0.842. The summed E-state index contributed by atoms with van der Waals surface area (Å²) in [5.41, 5.74) is 0. The van der Waals surface area contributed by atoms with Crippen LogP contribution in [-0.4, -0.2) is 13.9 Å². The zero-order valence-electron chi connectivity index (χ0n) is 9.75. The standard InChI is InChI=1S/C12H21PSi/c1-5-11-13(14(2,3)4)12-9-7-6-8-10-12/h6-10H,5,11H2,1-4H3. The third-order valence-corrected chi connectivity index (χ3v) is 12.1. The average Bonchev–Trinajstić information content (AvgIpc) is 2.14. The van der Waals surface area contributed by atoms with Crippen LogP contribution >= 0.6 is 7.47 Å². The van der Waals surface area contributed by atoms with Crippen molar-refractivity contribution in [2.24, 2.45) is 0 Å². The van der Waals surface area contributed by atoms with Crippen molar-refractivity contribution in [2.75, 3.05) is 6.16 Å². The fraction of sp³-hybridized carbons (Fsp3) is 0.500. The van der Waals surface area contributed by atoms with Gasteiger partial charge in [0.2, 0.25) is 0 Å². The summed E-state index contributed by atoms with van der Waals surface area (Å²) in [6.45, 7) is 9.81. The minimum atomic E-state index is -0.984. The van der Waals surface area contributed by atoms with Crippen molar-refractivity contribution in [3.63, 3.8) is 0 Å². The zero-order chi connectivity index (χ0) is 10.6. The van der Waals surface area contributed by atoms with Crippen molar-refractivity contribution in [1.82, 2.24) is 0 Å². The molecule has 0 heterocycles. The first-order valence-electron chi connectivity index (χ1n) is 5.38. The Morgan fingerprint density at radius 2 is 1.64 bits per heavy atom. The lowest BCUT2D eigenvalue weighted by atomic mass is 10.4. The Kier molecular flexibility index (Phi) is 4.34. The molecule has 0 fully saturated rings. The van der Waals surface area contributed by atoms with E-state index in [0.29, 0.717) is 0 Å². The van der Waals surface area contributed by atoms with Gasteiger partial charge in [-0.25, -0.2) is 0 Å². The number of hydrogen-bond donors (Lipinski definition) is 0. The smallest absolute Gasteiger partial charge is 0.0773 e. The molecule has 0 aromatic heterocycles. The number of benzene rings is 1. The Balaban J connectivity index is 2.89. The molecule has 1 aromatic rings. The third-order valence-electron chi connectivity index (χ3n) is 2.32. The minimum Gasteiger partial charge on any atom is -0.0882 e. The first-order valence-corrected chi connectivity index (χ1v) is 11.2. The van der Waals surface area contributed by atoms with Gasteiger partial charge in [0.05, 0.1) is 7.74 Å². The Morgan fingerprint density at radius 3 is 2.07 bits per heavy atom. The maximum absolute atomic E-state index is 2.50. The van der Waals surface area contributed by atoms with E-state index < -0.39 is 7.74 Å². The molecule has 0 aliphatic carbocycles. The molecule has 1 atom stereocenters. The van der Waals surface area contributed by atoms with Crippen LogP contribution in [0.3, 0.4) is 0 Å². The van der Waals surface area contributed by atoms with Gasteiger partial charge in [-0.15, -0.1) is 0 Å². The predicted molar refractivity (Wildman–Crippen MR) is 71.5 cm³/mol. The van der Waals surface area contributed by atoms with Gasteiger partial charge in [-0.1, -0.05) is 70.8 Å². The van der Waals surface area contributed by atoms with E-state index in [0.717, 1.165) is 0 Å². The van der Waals surface area contributed by atoms with Gasteiger partial charge < -0.3 is 0 Å². The molecular formula is C12H21PSi. The van der Waals surface area contributed by atoms with E-state index in [-0.39, 0.29) is 7.47 Å². The molecule has 1 rings (SSSR count). The van der Waals surface area contributed by atoms with E-state index in [1.165, 1.54) is 12.6 Å². The largest absolute Gasteiger partial charge is 0.0882 e. The molecule has 14 heavy (non-hydrogen) atoms. The van der Waals surface area contributed by atoms with Gasteiger partial charge >= 0.3 is 0 Å². The van der Waals surface area contributed by atoms with Crippen LogP contribution in [0, 0.1) is 0 Å². The molecule has 0 nitrogen and oxygen atoms in total. The summed E-state index contributed by atoms with van der Waals surface area (Å²) in [5.74, 6) is 0. The van der Waals surface area contributed by atoms with Gasteiger partial charge in [0.25, 0.3) is 0 Å². The lowest BCUT2D eigenvalue weighted by molar-refractivity contribution is 1.10. The number of hydrogen-bond acceptors (Lipinski definition) is 0. The van der Waals surface area contributed by atoms with Crippen molar-refractivity contribution in [3.05, 3.63) is 30.3 Å². The van der Waals surface area contributed by atoms with Crippen LogP contribution in [0.25, 0.3) is 0 Å². The van der Waals surface area contributed by atoms with Crippen molar-refractivity contribution >= 4 is 20.5 Å². The van der Waals surface area contributed by atoms with Gasteiger partial charge in [0.15, 0.2) is 0 Å². The molecule has 0 aliphatic rings. The monoisotopic (exact) mass is 224 g/mol. The highest BCUT2D eigenvalue weighted by molar-refractivity contribution is 7.99. The molecular weight excluding hydrogens is 203 g/mol. The highest BCUT2D eigenvalue weighted by atomic mass is 31.4. The molecule has 0 amide bonds. The summed E-state index contributed by atoms with van der Waals surface area (Å²) >= 11 is 0. The molecule has 78 valence electrons. The average molecular weight is 224 g/mol. The molecule has 0 radical (unpaired) electrons. The summed E-state index contributed by atoms with van der Waals surface area (Å²) in [6.07, 6.45) is 2.74. The first kappa shape index (κ1) is 11.9. The predicted octanol–water partition coefficient (Wildman–Crippen LogP) is 4.04. The quantitative estimate of drug-likeness (QED) is 0.535. The number of rotatable bonds is 4. The Labute approximate surface area is 90.4 Å². The van der Waals surface area contributed by atoms with Crippen LogP contribution in [0.1, 0.15) is 13.3 Å². The summed E-state index contributed by atoms with van der Waals surface area (Å²) < 4.78 is 0. The fourth-order valence-electron chi connectivity index (χ4n) is 1.68. The molecule has 0 saturated carbocycles. The van der Waals surface area contributed by atoms with Gasteiger partial charge in [0, 0.05) is 0 Å². The van der Waals surface area contributed by atoms with Crippen molar-refractivity contribution in [1.29, 1.82) is 0 Å². The van der Waals surface area contributed by atoms with Gasteiger partial charge in [0.1, 0.15) is 0 Å². The van der Waals surface area contributed by atoms with Crippen molar-refractivity contribution in [2.45, 2.75) is 33.0 Å². The van der Waals surface area contributed by atoms with Gasteiger partial charge in [-0.05, 0) is 11.5 Å². The second-order valence-electron chi connectivity index (χ2n) is 4.66. The Morgan fingerprint density at radius 1 is 1.07 bits per heavy atom. The van der Waals surface area contributed by atoms with Crippen molar-refractivity contribution < 1.29 is 0 Å². The summed E-state index contributed by atoms with van der Waals surface area (Å²) in [5, 5.41) is 1.61. The Bertz CT molecular complexity index is 263. The van der Waals surface area contributed by atoms with Crippen molar-refractivity contribution in [3.8, 4) is 0 Å². The van der Waals surface area contributed by atoms with Crippen LogP contribution in [0.2, 0.25) is 19.6 Å². The van der Waals surface area contributed by atoms with Crippen LogP contribution in [0.15, 0.2) is 30.3 Å². The van der Waals surface area contributed by atoms with Crippen LogP contribution in [0.5, 0.6) is 0 Å². The minimum absolute atomic E-state index is 0.142. The molecule has 0 N–H and O–H groups in total. The van der Waals surface area contributed by atoms with Gasteiger partial charge in [-0.3, -0.25) is 0 Å². The van der Waals surface area contributed by atoms with E-state index >= 15 is 0 Å². The SMILES string of the molecule is CCCP(c1ccccc1)[Si](C)(C)C. The molecule has 1 aromatic carbocycles. The first-order chi connectivity index (χ1) is 6.55.